The number of Topliss-reactive ketones (excluding diaryl/α,β-unsaturated/α-hetero) is 1. The maximum atomic E-state index is 13.4. The van der Waals surface area contributed by atoms with E-state index in [1.807, 2.05) is 0 Å². The van der Waals surface area contributed by atoms with Crippen LogP contribution in [0, 0.1) is 5.82 Å². The number of aromatic hydroxyl groups is 1. The summed E-state index contributed by atoms with van der Waals surface area (Å²) >= 11 is 0. The highest BCUT2D eigenvalue weighted by Gasteiger charge is 2.35. The topological polar surface area (TPSA) is 89.2 Å². The SMILES string of the molecule is CC1(C)CC(=O)c2c(O)cc(OCC(=O)N3CCC(c4coc5cc(F)ccc45)CC3)cc2O1. The molecule has 1 saturated heterocycles. The highest BCUT2D eigenvalue weighted by molar-refractivity contribution is 6.03. The van der Waals surface area contributed by atoms with E-state index in [-0.39, 0.29) is 59.3 Å². The van der Waals surface area contributed by atoms with Gasteiger partial charge < -0.3 is 23.9 Å². The molecule has 0 spiro atoms. The van der Waals surface area contributed by atoms with Crippen LogP contribution in [0.3, 0.4) is 0 Å². The summed E-state index contributed by atoms with van der Waals surface area (Å²) in [6, 6.07) is 7.43. The fourth-order valence-electron chi connectivity index (χ4n) is 4.84. The van der Waals surface area contributed by atoms with Crippen LogP contribution in [0.1, 0.15) is 54.9 Å². The van der Waals surface area contributed by atoms with Gasteiger partial charge in [-0.15, -0.1) is 0 Å². The molecule has 0 aliphatic carbocycles. The molecule has 1 aromatic heterocycles. The Morgan fingerprint density at radius 1 is 1.24 bits per heavy atom. The Kier molecular flexibility index (Phi) is 5.46. The Balaban J connectivity index is 1.20. The molecule has 0 unspecified atom stereocenters. The molecule has 8 heteroatoms. The second-order valence-corrected chi connectivity index (χ2v) is 9.55. The van der Waals surface area contributed by atoms with Crippen molar-refractivity contribution in [2.24, 2.45) is 0 Å². The van der Waals surface area contributed by atoms with Gasteiger partial charge in [-0.1, -0.05) is 0 Å². The number of carbonyl (C=O) groups excluding carboxylic acids is 2. The largest absolute Gasteiger partial charge is 0.507 e. The van der Waals surface area contributed by atoms with E-state index in [1.165, 1.54) is 18.2 Å². The number of amides is 1. The molecule has 34 heavy (non-hydrogen) atoms. The number of benzene rings is 2. The number of piperidine rings is 1. The molecule has 3 heterocycles. The molecule has 2 aliphatic heterocycles. The number of fused-ring (bicyclic) bond motifs is 2. The monoisotopic (exact) mass is 467 g/mol. The number of likely N-dealkylation sites (tertiary alicyclic amines) is 1. The number of phenols is 1. The van der Waals surface area contributed by atoms with Gasteiger partial charge in [0.2, 0.25) is 0 Å². The van der Waals surface area contributed by atoms with E-state index in [4.69, 9.17) is 13.9 Å². The Labute approximate surface area is 196 Å². The number of phenolic OH excluding ortho intramolecular Hbond substituents is 1. The van der Waals surface area contributed by atoms with E-state index in [0.29, 0.717) is 18.7 Å². The molecule has 2 aromatic carbocycles. The average molecular weight is 467 g/mol. The molecule has 3 aromatic rings. The first-order chi connectivity index (χ1) is 16.2. The number of rotatable bonds is 4. The third kappa shape index (κ3) is 4.20. The molecule has 1 fully saturated rings. The van der Waals surface area contributed by atoms with Crippen LogP contribution in [0.4, 0.5) is 4.39 Å². The molecule has 0 bridgehead atoms. The summed E-state index contributed by atoms with van der Waals surface area (Å²) in [5.74, 6) is -0.139. The zero-order valence-corrected chi connectivity index (χ0v) is 19.1. The van der Waals surface area contributed by atoms with Gasteiger partial charge in [-0.25, -0.2) is 4.39 Å². The second-order valence-electron chi connectivity index (χ2n) is 9.55. The van der Waals surface area contributed by atoms with Gasteiger partial charge in [0.05, 0.1) is 12.7 Å². The van der Waals surface area contributed by atoms with Gasteiger partial charge >= 0.3 is 0 Å². The fraction of sp³-hybridized carbons (Fsp3) is 0.385. The van der Waals surface area contributed by atoms with Crippen molar-refractivity contribution >= 4 is 22.7 Å². The second kappa shape index (κ2) is 8.34. The minimum Gasteiger partial charge on any atom is -0.507 e. The lowest BCUT2D eigenvalue weighted by Crippen LogP contribution is -2.40. The van der Waals surface area contributed by atoms with Crippen molar-refractivity contribution in [3.63, 3.8) is 0 Å². The first kappa shape index (κ1) is 22.3. The van der Waals surface area contributed by atoms with Crippen LogP contribution in [-0.2, 0) is 4.79 Å². The molecule has 0 atom stereocenters. The smallest absolute Gasteiger partial charge is 0.260 e. The van der Waals surface area contributed by atoms with Crippen molar-refractivity contribution in [2.45, 2.75) is 44.6 Å². The van der Waals surface area contributed by atoms with Crippen LogP contribution in [0.15, 0.2) is 41.0 Å². The predicted octanol–water partition coefficient (Wildman–Crippen LogP) is 4.81. The lowest BCUT2D eigenvalue weighted by Gasteiger charge is -2.32. The number of nitrogens with zero attached hydrogens (tertiary/aromatic N) is 1. The van der Waals surface area contributed by atoms with E-state index < -0.39 is 5.60 Å². The number of ether oxygens (including phenoxy) is 2. The maximum Gasteiger partial charge on any atom is 0.260 e. The van der Waals surface area contributed by atoms with Gasteiger partial charge in [0.1, 0.15) is 39.8 Å². The van der Waals surface area contributed by atoms with Crippen molar-refractivity contribution in [3.8, 4) is 17.2 Å². The summed E-state index contributed by atoms with van der Waals surface area (Å²) < 4.78 is 30.4. The van der Waals surface area contributed by atoms with E-state index in [9.17, 15) is 19.1 Å². The average Bonchev–Trinajstić information content (AvgIpc) is 3.19. The lowest BCUT2D eigenvalue weighted by molar-refractivity contribution is -0.134. The quantitative estimate of drug-likeness (QED) is 0.593. The number of hydrogen-bond acceptors (Lipinski definition) is 6. The highest BCUT2D eigenvalue weighted by atomic mass is 19.1. The summed E-state index contributed by atoms with van der Waals surface area (Å²) in [5, 5.41) is 11.2. The maximum absolute atomic E-state index is 13.4. The lowest BCUT2D eigenvalue weighted by atomic mass is 9.89. The molecule has 7 nitrogen and oxygen atoms in total. The van der Waals surface area contributed by atoms with Gasteiger partial charge in [-0.05, 0) is 44.7 Å². The van der Waals surface area contributed by atoms with Crippen molar-refractivity contribution in [2.75, 3.05) is 19.7 Å². The molecule has 0 radical (unpaired) electrons. The van der Waals surface area contributed by atoms with Gasteiger partial charge in [0.25, 0.3) is 5.91 Å². The summed E-state index contributed by atoms with van der Waals surface area (Å²) in [5.41, 5.74) is 1.04. The van der Waals surface area contributed by atoms with E-state index >= 15 is 0 Å². The Morgan fingerprint density at radius 2 is 2.00 bits per heavy atom. The standard InChI is InChI=1S/C26H26FNO6/c1-26(2)12-21(30)25-20(29)10-17(11-23(25)34-26)32-14-24(31)28-7-5-15(6-8-28)19-13-33-22-9-16(27)3-4-18(19)22/h3-4,9-11,13,15,29H,5-8,12,14H2,1-2H3. The van der Waals surface area contributed by atoms with Crippen molar-refractivity contribution in [1.29, 1.82) is 0 Å². The van der Waals surface area contributed by atoms with Crippen LogP contribution in [0.25, 0.3) is 11.0 Å². The number of furan rings is 1. The zero-order valence-electron chi connectivity index (χ0n) is 19.1. The van der Waals surface area contributed by atoms with Crippen LogP contribution >= 0.6 is 0 Å². The summed E-state index contributed by atoms with van der Waals surface area (Å²) in [6.45, 7) is 4.56. The molecule has 2 aliphatic rings. The van der Waals surface area contributed by atoms with Gasteiger partial charge in [-0.3, -0.25) is 9.59 Å². The van der Waals surface area contributed by atoms with Gasteiger partial charge in [0.15, 0.2) is 12.4 Å². The van der Waals surface area contributed by atoms with Crippen LogP contribution in [0.5, 0.6) is 17.2 Å². The first-order valence-corrected chi connectivity index (χ1v) is 11.4. The third-order valence-electron chi connectivity index (χ3n) is 6.52. The molecule has 0 saturated carbocycles. The number of halogens is 1. The minimum atomic E-state index is -0.677. The first-order valence-electron chi connectivity index (χ1n) is 11.4. The summed E-state index contributed by atoms with van der Waals surface area (Å²) in [4.78, 5) is 26.8. The van der Waals surface area contributed by atoms with Crippen molar-refractivity contribution in [3.05, 3.63) is 53.5 Å². The summed E-state index contributed by atoms with van der Waals surface area (Å²) in [7, 11) is 0. The third-order valence-corrected chi connectivity index (χ3v) is 6.52. The van der Waals surface area contributed by atoms with E-state index in [2.05, 4.69) is 0 Å². The molecular formula is C26H26FNO6. The zero-order chi connectivity index (χ0) is 24.0. The molecular weight excluding hydrogens is 441 g/mol. The van der Waals surface area contributed by atoms with Crippen LogP contribution < -0.4 is 9.47 Å². The molecule has 5 rings (SSSR count). The fourth-order valence-corrected chi connectivity index (χ4v) is 4.84. The summed E-state index contributed by atoms with van der Waals surface area (Å²) in [6.07, 6.45) is 3.39. The Morgan fingerprint density at radius 3 is 2.76 bits per heavy atom. The highest BCUT2D eigenvalue weighted by Crippen LogP contribution is 2.41. The van der Waals surface area contributed by atoms with E-state index in [1.54, 1.807) is 37.1 Å². The normalized spacial score (nSPS) is 18.0. The number of hydrogen-bond donors (Lipinski definition) is 1. The molecule has 1 N–H and O–H groups in total. The van der Waals surface area contributed by atoms with Crippen molar-refractivity contribution in [1.82, 2.24) is 4.90 Å². The van der Waals surface area contributed by atoms with Crippen LogP contribution in [-0.4, -0.2) is 47.0 Å². The molecule has 1 amide bonds. The number of ketones is 1. The van der Waals surface area contributed by atoms with Crippen LogP contribution in [0.2, 0.25) is 0 Å². The van der Waals surface area contributed by atoms with Gasteiger partial charge in [-0.2, -0.15) is 0 Å². The Hall–Kier alpha value is -3.55. The van der Waals surface area contributed by atoms with E-state index in [0.717, 1.165) is 23.8 Å². The minimum absolute atomic E-state index is 0.148. The predicted molar refractivity (Wildman–Crippen MR) is 122 cm³/mol. The Bertz CT molecular complexity index is 1270. The molecule has 178 valence electrons. The van der Waals surface area contributed by atoms with Gasteiger partial charge in [0, 0.05) is 42.2 Å². The van der Waals surface area contributed by atoms with Crippen molar-refractivity contribution < 1.29 is 33.0 Å². The number of carbonyl (C=O) groups is 2.